The van der Waals surface area contributed by atoms with Crippen LogP contribution >= 0.6 is 12.6 Å². The van der Waals surface area contributed by atoms with E-state index in [2.05, 4.69) is 28.6 Å². The second kappa shape index (κ2) is 13.2. The number of aliphatic carboxylic acids is 1. The molecule has 0 radical (unpaired) electrons. The number of phenols is 1. The topological polar surface area (TPSA) is 214 Å². The number of carbonyl (C=O) groups is 5. The molecule has 3 unspecified atom stereocenters. The Morgan fingerprint density at radius 2 is 1.50 bits per heavy atom. The number of rotatable bonds is 13. The summed E-state index contributed by atoms with van der Waals surface area (Å²) in [5.74, 6) is -4.38. The van der Waals surface area contributed by atoms with E-state index < -0.39 is 47.7 Å². The predicted molar refractivity (Wildman–Crippen MR) is 117 cm³/mol. The molecule has 0 aliphatic rings. The third-order valence-electron chi connectivity index (χ3n) is 4.32. The highest BCUT2D eigenvalue weighted by Crippen LogP contribution is 2.12. The van der Waals surface area contributed by atoms with Gasteiger partial charge in [-0.3, -0.25) is 19.2 Å². The molecule has 0 aliphatic heterocycles. The van der Waals surface area contributed by atoms with Crippen molar-refractivity contribution in [2.75, 3.05) is 12.3 Å². The summed E-state index contributed by atoms with van der Waals surface area (Å²) in [7, 11) is 0. The van der Waals surface area contributed by atoms with Crippen molar-refractivity contribution in [3.8, 4) is 5.75 Å². The Morgan fingerprint density at radius 3 is 2.00 bits per heavy atom. The van der Waals surface area contributed by atoms with Gasteiger partial charge in [0.25, 0.3) is 0 Å². The Bertz CT molecular complexity index is 834. The zero-order valence-electron chi connectivity index (χ0n) is 17.1. The van der Waals surface area contributed by atoms with E-state index in [1.54, 1.807) is 0 Å². The lowest BCUT2D eigenvalue weighted by molar-refractivity contribution is -0.142. The molecule has 12 nitrogen and oxygen atoms in total. The highest BCUT2D eigenvalue weighted by molar-refractivity contribution is 7.80. The molecule has 1 rings (SSSR count). The second-order valence-corrected chi connectivity index (χ2v) is 7.21. The smallest absolute Gasteiger partial charge is 0.326 e. The van der Waals surface area contributed by atoms with Crippen molar-refractivity contribution in [2.24, 2.45) is 11.5 Å². The van der Waals surface area contributed by atoms with E-state index in [1.807, 2.05) is 0 Å². The van der Waals surface area contributed by atoms with Crippen molar-refractivity contribution >= 4 is 42.2 Å². The maximum absolute atomic E-state index is 12.7. The quantitative estimate of drug-likeness (QED) is 0.146. The predicted octanol–water partition coefficient (Wildman–Crippen LogP) is -2.37. The Balaban J connectivity index is 2.94. The fraction of sp³-hybridized carbons (Fsp3) is 0.421. The number of carbonyl (C=O) groups excluding carboxylic acids is 4. The number of nitrogens with one attached hydrogen (secondary N) is 3. The van der Waals surface area contributed by atoms with Crippen LogP contribution < -0.4 is 27.4 Å². The molecule has 176 valence electrons. The van der Waals surface area contributed by atoms with E-state index in [1.165, 1.54) is 24.3 Å². The van der Waals surface area contributed by atoms with Gasteiger partial charge in [0.2, 0.25) is 23.6 Å². The molecular weight excluding hydrogens is 442 g/mol. The Labute approximate surface area is 189 Å². The van der Waals surface area contributed by atoms with Gasteiger partial charge in [0.15, 0.2) is 0 Å². The van der Waals surface area contributed by atoms with E-state index >= 15 is 0 Å². The van der Waals surface area contributed by atoms with Crippen molar-refractivity contribution in [2.45, 2.75) is 37.4 Å². The van der Waals surface area contributed by atoms with Crippen LogP contribution in [0.4, 0.5) is 0 Å². The molecular formula is C19H27N5O7S. The second-order valence-electron chi connectivity index (χ2n) is 6.84. The fourth-order valence-electron chi connectivity index (χ4n) is 2.62. The minimum Gasteiger partial charge on any atom is -0.508 e. The minimum absolute atomic E-state index is 0.000594. The van der Waals surface area contributed by atoms with Crippen LogP contribution in [-0.2, 0) is 30.4 Å². The average Bonchev–Trinajstić information content (AvgIpc) is 2.75. The van der Waals surface area contributed by atoms with Gasteiger partial charge in [0.05, 0.1) is 6.54 Å². The van der Waals surface area contributed by atoms with Gasteiger partial charge in [-0.2, -0.15) is 12.6 Å². The number of primary amides is 1. The number of carboxylic acids is 1. The molecule has 0 saturated carbocycles. The molecule has 1 aromatic carbocycles. The monoisotopic (exact) mass is 469 g/mol. The molecule has 32 heavy (non-hydrogen) atoms. The van der Waals surface area contributed by atoms with E-state index in [0.29, 0.717) is 5.56 Å². The summed E-state index contributed by atoms with van der Waals surface area (Å²) in [6.45, 7) is -0.360. The van der Waals surface area contributed by atoms with Gasteiger partial charge in [-0.05, 0) is 24.1 Å². The lowest BCUT2D eigenvalue weighted by atomic mass is 10.0. The van der Waals surface area contributed by atoms with E-state index in [9.17, 15) is 34.2 Å². The Morgan fingerprint density at radius 1 is 0.938 bits per heavy atom. The first-order valence-corrected chi connectivity index (χ1v) is 10.2. The van der Waals surface area contributed by atoms with Crippen LogP contribution in [-0.4, -0.2) is 70.2 Å². The molecule has 1 aromatic rings. The van der Waals surface area contributed by atoms with Gasteiger partial charge in [-0.1, -0.05) is 12.1 Å². The highest BCUT2D eigenvalue weighted by Gasteiger charge is 2.29. The number of carboxylic acid groups (broad SMARTS) is 1. The molecule has 13 heteroatoms. The third-order valence-corrected chi connectivity index (χ3v) is 4.69. The van der Waals surface area contributed by atoms with Gasteiger partial charge >= 0.3 is 5.97 Å². The first-order chi connectivity index (χ1) is 15.1. The number of phenolic OH excluding ortho intramolecular Hbond substituents is 1. The largest absolute Gasteiger partial charge is 0.508 e. The van der Waals surface area contributed by atoms with Crippen molar-refractivity contribution in [3.63, 3.8) is 0 Å². The van der Waals surface area contributed by atoms with Gasteiger partial charge < -0.3 is 37.6 Å². The van der Waals surface area contributed by atoms with Gasteiger partial charge in [0.1, 0.15) is 23.9 Å². The van der Waals surface area contributed by atoms with E-state index in [4.69, 9.17) is 11.5 Å². The van der Waals surface area contributed by atoms with Crippen LogP contribution in [0, 0.1) is 0 Å². The summed E-state index contributed by atoms with van der Waals surface area (Å²) in [6.07, 6.45) is -0.541. The summed E-state index contributed by atoms with van der Waals surface area (Å²) < 4.78 is 0. The SMILES string of the molecule is NCC(=O)NC(CS)C(=O)NC(CCC(N)=O)C(=O)NC(Cc1ccc(O)cc1)C(=O)O. The van der Waals surface area contributed by atoms with Crippen LogP contribution in [0.3, 0.4) is 0 Å². The number of hydrogen-bond acceptors (Lipinski definition) is 8. The summed E-state index contributed by atoms with van der Waals surface area (Å²) >= 11 is 3.99. The average molecular weight is 470 g/mol. The molecule has 0 spiro atoms. The maximum atomic E-state index is 12.7. The molecule has 3 atom stereocenters. The van der Waals surface area contributed by atoms with E-state index in [0.717, 1.165) is 0 Å². The first kappa shape index (κ1) is 26.7. The number of aromatic hydroxyl groups is 1. The Kier molecular flexibility index (Phi) is 11.0. The summed E-state index contributed by atoms with van der Waals surface area (Å²) in [4.78, 5) is 59.5. The standard InChI is InChI=1S/C19H27N5O7S/c20-8-16(27)22-14(9-32)18(29)23-12(5-6-15(21)26)17(28)24-13(19(30)31)7-10-1-3-11(25)4-2-10/h1-4,12-14,25,32H,5-9,20H2,(H2,21,26)(H,22,27)(H,23,29)(H,24,28)(H,30,31). The lowest BCUT2D eigenvalue weighted by Gasteiger charge is -2.23. The normalized spacial score (nSPS) is 13.3. The number of benzene rings is 1. The van der Waals surface area contributed by atoms with Crippen molar-refractivity contribution in [3.05, 3.63) is 29.8 Å². The van der Waals surface area contributed by atoms with Crippen LogP contribution in [0.15, 0.2) is 24.3 Å². The van der Waals surface area contributed by atoms with Crippen molar-refractivity contribution in [1.82, 2.24) is 16.0 Å². The van der Waals surface area contributed by atoms with Gasteiger partial charge in [-0.15, -0.1) is 0 Å². The van der Waals surface area contributed by atoms with Crippen LogP contribution in [0.25, 0.3) is 0 Å². The minimum atomic E-state index is -1.35. The summed E-state index contributed by atoms with van der Waals surface area (Å²) in [5.41, 5.74) is 10.9. The van der Waals surface area contributed by atoms with Crippen LogP contribution in [0.5, 0.6) is 5.75 Å². The highest BCUT2D eigenvalue weighted by atomic mass is 32.1. The number of thiol groups is 1. The number of nitrogens with two attached hydrogens (primary N) is 2. The Hall–Kier alpha value is -3.32. The molecule has 0 saturated heterocycles. The summed E-state index contributed by atoms with van der Waals surface area (Å²) in [6, 6.07) is 2.00. The van der Waals surface area contributed by atoms with Crippen molar-refractivity contribution < 1.29 is 34.2 Å². The lowest BCUT2D eigenvalue weighted by Crippen LogP contribution is -2.57. The first-order valence-electron chi connectivity index (χ1n) is 9.57. The zero-order chi connectivity index (χ0) is 24.3. The third kappa shape index (κ3) is 9.22. The number of amides is 4. The molecule has 9 N–H and O–H groups in total. The molecule has 0 bridgehead atoms. The molecule has 0 aromatic heterocycles. The maximum Gasteiger partial charge on any atom is 0.326 e. The van der Waals surface area contributed by atoms with Gasteiger partial charge in [-0.25, -0.2) is 4.79 Å². The van der Waals surface area contributed by atoms with E-state index in [-0.39, 0.29) is 37.3 Å². The molecule has 0 aliphatic carbocycles. The van der Waals surface area contributed by atoms with Crippen LogP contribution in [0.2, 0.25) is 0 Å². The zero-order valence-corrected chi connectivity index (χ0v) is 18.0. The van der Waals surface area contributed by atoms with Crippen molar-refractivity contribution in [1.29, 1.82) is 0 Å². The van der Waals surface area contributed by atoms with Crippen LogP contribution in [0.1, 0.15) is 18.4 Å². The molecule has 0 fully saturated rings. The molecule has 4 amide bonds. The van der Waals surface area contributed by atoms with Gasteiger partial charge in [0, 0.05) is 18.6 Å². The summed E-state index contributed by atoms with van der Waals surface area (Å²) in [5, 5.41) is 25.9. The number of hydrogen-bond donors (Lipinski definition) is 8. The molecule has 0 heterocycles. The fourth-order valence-corrected chi connectivity index (χ4v) is 2.87.